The first-order valence-electron chi connectivity index (χ1n) is 6.42. The zero-order chi connectivity index (χ0) is 11.9. The fourth-order valence-electron chi connectivity index (χ4n) is 2.22. The van der Waals surface area contributed by atoms with Crippen molar-refractivity contribution >= 4 is 11.6 Å². The van der Waals surface area contributed by atoms with E-state index in [2.05, 4.69) is 5.32 Å². The van der Waals surface area contributed by atoms with Crippen molar-refractivity contribution in [2.75, 3.05) is 13.2 Å². The molecule has 0 aliphatic heterocycles. The first-order valence-corrected chi connectivity index (χ1v) is 6.80. The molecule has 0 radical (unpaired) electrons. The smallest absolute Gasteiger partial charge is 0.0594 e. The molecule has 1 aliphatic carbocycles. The monoisotopic (exact) mass is 253 g/mol. The van der Waals surface area contributed by atoms with Crippen LogP contribution in [-0.2, 0) is 11.3 Å². The van der Waals surface area contributed by atoms with E-state index in [0.717, 1.165) is 30.3 Å². The molecule has 1 saturated carbocycles. The molecule has 94 valence electrons. The van der Waals surface area contributed by atoms with Crippen LogP contribution < -0.4 is 5.32 Å². The van der Waals surface area contributed by atoms with Gasteiger partial charge in [0.15, 0.2) is 0 Å². The zero-order valence-corrected chi connectivity index (χ0v) is 10.9. The lowest BCUT2D eigenvalue weighted by molar-refractivity contribution is 0.0603. The summed E-state index contributed by atoms with van der Waals surface area (Å²) < 4.78 is 5.78. The van der Waals surface area contributed by atoms with Crippen LogP contribution >= 0.6 is 11.6 Å². The fraction of sp³-hybridized carbons (Fsp3) is 0.571. The quantitative estimate of drug-likeness (QED) is 0.785. The number of ether oxygens (including phenoxy) is 1. The highest BCUT2D eigenvalue weighted by Crippen LogP contribution is 2.20. The maximum Gasteiger partial charge on any atom is 0.0594 e. The molecule has 2 rings (SSSR count). The van der Waals surface area contributed by atoms with Gasteiger partial charge in [-0.05, 0) is 24.5 Å². The Morgan fingerprint density at radius 1 is 1.24 bits per heavy atom. The molecule has 1 N–H and O–H groups in total. The lowest BCUT2D eigenvalue weighted by Crippen LogP contribution is -2.22. The summed E-state index contributed by atoms with van der Waals surface area (Å²) in [6.07, 6.45) is 5.65. The summed E-state index contributed by atoms with van der Waals surface area (Å²) in [7, 11) is 0. The fourth-order valence-corrected chi connectivity index (χ4v) is 2.42. The molecule has 1 aliphatic rings. The lowest BCUT2D eigenvalue weighted by Gasteiger charge is -2.11. The van der Waals surface area contributed by atoms with Gasteiger partial charge in [0.05, 0.1) is 12.7 Å². The van der Waals surface area contributed by atoms with Crippen LogP contribution in [0.3, 0.4) is 0 Å². The van der Waals surface area contributed by atoms with Crippen molar-refractivity contribution in [2.24, 2.45) is 0 Å². The zero-order valence-electron chi connectivity index (χ0n) is 10.1. The average Bonchev–Trinajstić information content (AvgIpc) is 2.84. The molecule has 3 heteroatoms. The van der Waals surface area contributed by atoms with Crippen LogP contribution in [-0.4, -0.2) is 19.3 Å². The van der Waals surface area contributed by atoms with Gasteiger partial charge >= 0.3 is 0 Å². The van der Waals surface area contributed by atoms with Crippen LogP contribution in [0.1, 0.15) is 31.2 Å². The Hall–Kier alpha value is -0.570. The minimum Gasteiger partial charge on any atom is -0.377 e. The van der Waals surface area contributed by atoms with Crippen LogP contribution in [0.15, 0.2) is 24.3 Å². The number of hydrogen-bond acceptors (Lipinski definition) is 2. The van der Waals surface area contributed by atoms with Crippen molar-refractivity contribution in [3.05, 3.63) is 34.9 Å². The second-order valence-corrected chi connectivity index (χ2v) is 4.95. The van der Waals surface area contributed by atoms with Gasteiger partial charge in [0.25, 0.3) is 0 Å². The van der Waals surface area contributed by atoms with Gasteiger partial charge in [-0.15, -0.1) is 0 Å². The van der Waals surface area contributed by atoms with E-state index < -0.39 is 0 Å². The van der Waals surface area contributed by atoms with Gasteiger partial charge in [-0.2, -0.15) is 0 Å². The van der Waals surface area contributed by atoms with E-state index in [1.54, 1.807) is 0 Å². The second-order valence-electron chi connectivity index (χ2n) is 4.55. The average molecular weight is 254 g/mol. The summed E-state index contributed by atoms with van der Waals surface area (Å²) in [5, 5.41) is 4.19. The Bertz CT molecular complexity index is 337. The van der Waals surface area contributed by atoms with E-state index in [0.29, 0.717) is 6.10 Å². The molecule has 0 atom stereocenters. The topological polar surface area (TPSA) is 21.3 Å². The Labute approximate surface area is 108 Å². The first-order chi connectivity index (χ1) is 8.36. The maximum atomic E-state index is 6.07. The third kappa shape index (κ3) is 4.30. The number of hydrogen-bond donors (Lipinski definition) is 1. The highest BCUT2D eigenvalue weighted by atomic mass is 35.5. The SMILES string of the molecule is Clc1ccccc1CNCCOC1CCCC1. The Morgan fingerprint density at radius 2 is 2.00 bits per heavy atom. The number of rotatable bonds is 6. The van der Waals surface area contributed by atoms with Gasteiger partial charge in [-0.1, -0.05) is 42.6 Å². The first kappa shape index (κ1) is 12.9. The molecular formula is C14H20ClNO. The predicted octanol–water partition coefficient (Wildman–Crippen LogP) is 3.39. The Morgan fingerprint density at radius 3 is 2.76 bits per heavy atom. The minimum atomic E-state index is 0.511. The standard InChI is InChI=1S/C14H20ClNO/c15-14-8-4-1-5-12(14)11-16-9-10-17-13-6-2-3-7-13/h1,4-5,8,13,16H,2-3,6-7,9-11H2. The predicted molar refractivity (Wildman–Crippen MR) is 71.4 cm³/mol. The van der Waals surface area contributed by atoms with Gasteiger partial charge in [0.1, 0.15) is 0 Å². The van der Waals surface area contributed by atoms with Crippen molar-refractivity contribution in [3.8, 4) is 0 Å². The van der Waals surface area contributed by atoms with Crippen molar-refractivity contribution in [2.45, 2.75) is 38.3 Å². The van der Waals surface area contributed by atoms with Crippen LogP contribution in [0.2, 0.25) is 5.02 Å². The highest BCUT2D eigenvalue weighted by Gasteiger charge is 2.14. The summed E-state index contributed by atoms with van der Waals surface area (Å²) >= 11 is 6.07. The van der Waals surface area contributed by atoms with Crippen LogP contribution in [0.25, 0.3) is 0 Å². The summed E-state index contributed by atoms with van der Waals surface area (Å²) in [6, 6.07) is 7.94. The van der Waals surface area contributed by atoms with Crippen LogP contribution in [0.5, 0.6) is 0 Å². The molecule has 0 amide bonds. The van der Waals surface area contributed by atoms with Crippen molar-refractivity contribution in [1.29, 1.82) is 0 Å². The molecule has 2 nitrogen and oxygen atoms in total. The molecule has 17 heavy (non-hydrogen) atoms. The molecule has 0 unspecified atom stereocenters. The molecule has 1 aromatic carbocycles. The maximum absolute atomic E-state index is 6.07. The number of halogens is 1. The van der Waals surface area contributed by atoms with Crippen molar-refractivity contribution < 1.29 is 4.74 Å². The van der Waals surface area contributed by atoms with E-state index in [4.69, 9.17) is 16.3 Å². The molecule has 0 heterocycles. The summed E-state index contributed by atoms with van der Waals surface area (Å²) in [4.78, 5) is 0. The van der Waals surface area contributed by atoms with Gasteiger partial charge in [0.2, 0.25) is 0 Å². The molecule has 0 spiro atoms. The van der Waals surface area contributed by atoms with Crippen LogP contribution in [0, 0.1) is 0 Å². The molecular weight excluding hydrogens is 234 g/mol. The minimum absolute atomic E-state index is 0.511. The third-order valence-corrected chi connectivity index (χ3v) is 3.58. The Kier molecular flexibility index (Phi) is 5.30. The van der Waals surface area contributed by atoms with Crippen molar-refractivity contribution in [1.82, 2.24) is 5.32 Å². The van der Waals surface area contributed by atoms with E-state index in [-0.39, 0.29) is 0 Å². The van der Waals surface area contributed by atoms with E-state index in [1.807, 2.05) is 24.3 Å². The summed E-state index contributed by atoms with van der Waals surface area (Å²) in [5.41, 5.74) is 1.15. The number of benzene rings is 1. The van der Waals surface area contributed by atoms with Gasteiger partial charge in [-0.3, -0.25) is 0 Å². The van der Waals surface area contributed by atoms with Gasteiger partial charge < -0.3 is 10.1 Å². The molecule has 1 fully saturated rings. The lowest BCUT2D eigenvalue weighted by atomic mass is 10.2. The van der Waals surface area contributed by atoms with Gasteiger partial charge in [-0.25, -0.2) is 0 Å². The van der Waals surface area contributed by atoms with E-state index >= 15 is 0 Å². The number of nitrogens with one attached hydrogen (secondary N) is 1. The van der Waals surface area contributed by atoms with Gasteiger partial charge in [0, 0.05) is 18.1 Å². The Balaban J connectivity index is 1.58. The van der Waals surface area contributed by atoms with E-state index in [9.17, 15) is 0 Å². The molecule has 0 bridgehead atoms. The normalized spacial score (nSPS) is 16.5. The molecule has 0 saturated heterocycles. The van der Waals surface area contributed by atoms with E-state index in [1.165, 1.54) is 25.7 Å². The van der Waals surface area contributed by atoms with Crippen LogP contribution in [0.4, 0.5) is 0 Å². The second kappa shape index (κ2) is 7.00. The highest BCUT2D eigenvalue weighted by molar-refractivity contribution is 6.31. The summed E-state index contributed by atoms with van der Waals surface area (Å²) in [6.45, 7) is 2.50. The molecule has 1 aromatic rings. The van der Waals surface area contributed by atoms with Crippen molar-refractivity contribution in [3.63, 3.8) is 0 Å². The summed E-state index contributed by atoms with van der Waals surface area (Å²) in [5.74, 6) is 0. The largest absolute Gasteiger partial charge is 0.377 e. The third-order valence-electron chi connectivity index (χ3n) is 3.21. The molecule has 0 aromatic heterocycles.